The van der Waals surface area contributed by atoms with Crippen molar-refractivity contribution >= 4 is 16.7 Å². The zero-order chi connectivity index (χ0) is 24.2. The molecule has 0 aliphatic carbocycles. The number of benzene rings is 4. The van der Waals surface area contributed by atoms with Crippen molar-refractivity contribution in [1.29, 1.82) is 0 Å². The molecule has 0 saturated heterocycles. The number of hydrogen-bond donors (Lipinski definition) is 2. The molecular formula is C29H28FNO3. The number of carboxylic acids is 1. The van der Waals surface area contributed by atoms with E-state index in [2.05, 4.69) is 36.5 Å². The Morgan fingerprint density at radius 3 is 2.62 bits per heavy atom. The minimum atomic E-state index is -0.924. The molecule has 4 rings (SSSR count). The van der Waals surface area contributed by atoms with Gasteiger partial charge in [0.05, 0.1) is 12.7 Å². The molecule has 1 atom stereocenters. The van der Waals surface area contributed by atoms with Crippen LogP contribution in [-0.2, 0) is 6.42 Å². The molecule has 5 heteroatoms. The third kappa shape index (κ3) is 4.95. The van der Waals surface area contributed by atoms with Crippen molar-refractivity contribution in [2.24, 2.45) is 0 Å². The maximum absolute atomic E-state index is 13.7. The first kappa shape index (κ1) is 23.5. The van der Waals surface area contributed by atoms with Crippen LogP contribution < -0.4 is 10.1 Å². The summed E-state index contributed by atoms with van der Waals surface area (Å²) < 4.78 is 18.7. The summed E-state index contributed by atoms with van der Waals surface area (Å²) in [6.45, 7) is 4.63. The van der Waals surface area contributed by atoms with E-state index in [-0.39, 0.29) is 17.6 Å². The lowest BCUT2D eigenvalue weighted by Gasteiger charge is -2.18. The van der Waals surface area contributed by atoms with E-state index in [4.69, 9.17) is 4.74 Å². The molecule has 1 unspecified atom stereocenters. The zero-order valence-electron chi connectivity index (χ0n) is 19.6. The molecule has 174 valence electrons. The first-order valence-electron chi connectivity index (χ1n) is 11.3. The molecule has 0 bridgehead atoms. The average Bonchev–Trinajstić information content (AvgIpc) is 2.84. The van der Waals surface area contributed by atoms with Gasteiger partial charge in [0.25, 0.3) is 0 Å². The molecule has 0 aromatic heterocycles. The molecule has 0 spiro atoms. The summed E-state index contributed by atoms with van der Waals surface area (Å²) in [6.07, 6.45) is 0.737. The Kier molecular flexibility index (Phi) is 6.94. The van der Waals surface area contributed by atoms with Crippen LogP contribution >= 0.6 is 0 Å². The fourth-order valence-electron chi connectivity index (χ4n) is 4.25. The summed E-state index contributed by atoms with van der Waals surface area (Å²) in [5.74, 6) is -1.03. The van der Waals surface area contributed by atoms with E-state index in [9.17, 15) is 14.3 Å². The van der Waals surface area contributed by atoms with E-state index in [0.717, 1.165) is 45.0 Å². The van der Waals surface area contributed by atoms with Gasteiger partial charge in [-0.1, -0.05) is 42.5 Å². The fourth-order valence-corrected chi connectivity index (χ4v) is 4.25. The van der Waals surface area contributed by atoms with Crippen molar-refractivity contribution in [3.63, 3.8) is 0 Å². The predicted molar refractivity (Wildman–Crippen MR) is 134 cm³/mol. The Morgan fingerprint density at radius 1 is 1.06 bits per heavy atom. The van der Waals surface area contributed by atoms with Gasteiger partial charge in [0.15, 0.2) is 11.6 Å². The van der Waals surface area contributed by atoms with E-state index in [1.807, 2.05) is 31.2 Å². The Morgan fingerprint density at radius 2 is 1.85 bits per heavy atom. The van der Waals surface area contributed by atoms with Gasteiger partial charge in [-0.2, -0.15) is 0 Å². The largest absolute Gasteiger partial charge is 0.494 e. The zero-order valence-corrected chi connectivity index (χ0v) is 19.6. The lowest BCUT2D eigenvalue weighted by atomic mass is 9.92. The highest BCUT2D eigenvalue weighted by molar-refractivity contribution is 5.99. The normalized spacial score (nSPS) is 12.0. The van der Waals surface area contributed by atoms with Crippen LogP contribution in [0.15, 0.2) is 72.8 Å². The van der Waals surface area contributed by atoms with Gasteiger partial charge in [-0.05, 0) is 95.7 Å². The lowest BCUT2D eigenvalue weighted by Crippen LogP contribution is -2.21. The number of fused-ring (bicyclic) bond motifs is 1. The summed E-state index contributed by atoms with van der Waals surface area (Å²) in [5, 5.41) is 15.3. The average molecular weight is 458 g/mol. The van der Waals surface area contributed by atoms with Crippen LogP contribution in [0.5, 0.6) is 5.75 Å². The van der Waals surface area contributed by atoms with E-state index in [1.165, 1.54) is 13.2 Å². The standard InChI is InChI=1S/C29H28FNO3/c1-18-8-10-22(16-25(18)29(32)33)26-17-23(15-21-6-4-5-7-24(21)26)19(2)31-13-12-20-9-11-27(30)28(14-20)34-3/h4-11,14-17,19,31H,12-13H2,1-3H3,(H,32,33). The van der Waals surface area contributed by atoms with Gasteiger partial charge < -0.3 is 15.2 Å². The molecule has 4 aromatic rings. The second-order valence-electron chi connectivity index (χ2n) is 8.52. The number of rotatable bonds is 8. The van der Waals surface area contributed by atoms with Gasteiger partial charge in [0.1, 0.15) is 0 Å². The molecule has 4 nitrogen and oxygen atoms in total. The maximum atomic E-state index is 13.7. The van der Waals surface area contributed by atoms with E-state index >= 15 is 0 Å². The quantitative estimate of drug-likeness (QED) is 0.315. The van der Waals surface area contributed by atoms with Gasteiger partial charge in [0, 0.05) is 6.04 Å². The minimum absolute atomic E-state index is 0.0649. The number of carbonyl (C=O) groups is 1. The highest BCUT2D eigenvalue weighted by atomic mass is 19.1. The summed E-state index contributed by atoms with van der Waals surface area (Å²) in [6, 6.07) is 23.0. The maximum Gasteiger partial charge on any atom is 0.335 e. The molecule has 0 aliphatic heterocycles. The van der Waals surface area contributed by atoms with Gasteiger partial charge in [0.2, 0.25) is 0 Å². The predicted octanol–water partition coefficient (Wildman–Crippen LogP) is 6.55. The molecule has 0 aliphatic rings. The topological polar surface area (TPSA) is 58.6 Å². The van der Waals surface area contributed by atoms with Gasteiger partial charge in [-0.3, -0.25) is 0 Å². The van der Waals surface area contributed by atoms with Crippen LogP contribution in [0.3, 0.4) is 0 Å². The fraction of sp³-hybridized carbons (Fsp3) is 0.207. The number of carboxylic acid groups (broad SMARTS) is 1. The van der Waals surface area contributed by atoms with Crippen LogP contribution in [-0.4, -0.2) is 24.7 Å². The van der Waals surface area contributed by atoms with E-state index in [0.29, 0.717) is 12.1 Å². The SMILES string of the molecule is COc1cc(CCNC(C)c2cc(-c3ccc(C)c(C(=O)O)c3)c3ccccc3c2)ccc1F. The molecule has 0 heterocycles. The first-order valence-corrected chi connectivity index (χ1v) is 11.3. The smallest absolute Gasteiger partial charge is 0.335 e. The number of ether oxygens (including phenoxy) is 1. The Bertz CT molecular complexity index is 1350. The van der Waals surface area contributed by atoms with E-state index < -0.39 is 5.97 Å². The summed E-state index contributed by atoms with van der Waals surface area (Å²) in [7, 11) is 1.47. The minimum Gasteiger partial charge on any atom is -0.494 e. The Balaban J connectivity index is 1.61. The molecule has 4 aromatic carbocycles. The first-order chi connectivity index (χ1) is 16.4. The summed E-state index contributed by atoms with van der Waals surface area (Å²) >= 11 is 0. The molecule has 0 amide bonds. The van der Waals surface area contributed by atoms with Crippen LogP contribution in [0, 0.1) is 12.7 Å². The van der Waals surface area contributed by atoms with Gasteiger partial charge in [-0.25, -0.2) is 9.18 Å². The molecule has 0 radical (unpaired) electrons. The molecule has 0 saturated carbocycles. The van der Waals surface area contributed by atoms with Crippen molar-refractivity contribution in [2.75, 3.05) is 13.7 Å². The lowest BCUT2D eigenvalue weighted by molar-refractivity contribution is 0.0696. The van der Waals surface area contributed by atoms with Crippen molar-refractivity contribution in [2.45, 2.75) is 26.3 Å². The van der Waals surface area contributed by atoms with Crippen LogP contribution in [0.2, 0.25) is 0 Å². The van der Waals surface area contributed by atoms with Gasteiger partial charge in [-0.15, -0.1) is 0 Å². The number of methoxy groups -OCH3 is 1. The van der Waals surface area contributed by atoms with Crippen molar-refractivity contribution in [3.8, 4) is 16.9 Å². The molecule has 34 heavy (non-hydrogen) atoms. The second-order valence-corrected chi connectivity index (χ2v) is 8.52. The third-order valence-corrected chi connectivity index (χ3v) is 6.24. The highest BCUT2D eigenvalue weighted by Crippen LogP contribution is 2.33. The second kappa shape index (κ2) is 10.1. The molecule has 2 N–H and O–H groups in total. The molecular weight excluding hydrogens is 429 g/mol. The Labute approximate surface area is 199 Å². The van der Waals surface area contributed by atoms with Crippen molar-refractivity contribution < 1.29 is 19.0 Å². The highest BCUT2D eigenvalue weighted by Gasteiger charge is 2.14. The van der Waals surface area contributed by atoms with Crippen LogP contribution in [0.1, 0.15) is 40.0 Å². The third-order valence-electron chi connectivity index (χ3n) is 6.24. The van der Waals surface area contributed by atoms with Crippen molar-refractivity contribution in [3.05, 3.63) is 101 Å². The number of aromatic carboxylic acids is 1. The summed E-state index contributed by atoms with van der Waals surface area (Å²) in [5.41, 5.74) is 5.05. The number of halogens is 1. The van der Waals surface area contributed by atoms with E-state index in [1.54, 1.807) is 18.2 Å². The number of nitrogens with one attached hydrogen (secondary N) is 1. The molecule has 0 fully saturated rings. The van der Waals surface area contributed by atoms with Gasteiger partial charge >= 0.3 is 5.97 Å². The number of hydrogen-bond acceptors (Lipinski definition) is 3. The van der Waals surface area contributed by atoms with Crippen molar-refractivity contribution in [1.82, 2.24) is 5.32 Å². The summed E-state index contributed by atoms with van der Waals surface area (Å²) in [4.78, 5) is 11.7. The van der Waals surface area contributed by atoms with Crippen LogP contribution in [0.4, 0.5) is 4.39 Å². The number of aryl methyl sites for hydroxylation is 1. The Hall–Kier alpha value is -3.70. The monoisotopic (exact) mass is 457 g/mol. The van der Waals surface area contributed by atoms with Crippen LogP contribution in [0.25, 0.3) is 21.9 Å².